The molecule has 0 bridgehead atoms. The quantitative estimate of drug-likeness (QED) is 0.714. The van der Waals surface area contributed by atoms with E-state index in [0.717, 1.165) is 29.6 Å². The number of nitrogens with zero attached hydrogens (tertiary/aromatic N) is 2. The van der Waals surface area contributed by atoms with E-state index in [-0.39, 0.29) is 10.8 Å². The fraction of sp³-hybridized carbons (Fsp3) is 0.250. The molecule has 0 fully saturated rings. The first kappa shape index (κ1) is 16.8. The van der Waals surface area contributed by atoms with Crippen LogP contribution in [0, 0.1) is 0 Å². The van der Waals surface area contributed by atoms with Gasteiger partial charge in [-0.1, -0.05) is 36.4 Å². The number of anilines is 1. The van der Waals surface area contributed by atoms with Gasteiger partial charge >= 0.3 is 0 Å². The Hall–Kier alpha value is -2.60. The number of rotatable bonds is 3. The average molecular weight is 368 g/mol. The number of aryl methyl sites for hydroxylation is 2. The van der Waals surface area contributed by atoms with Crippen molar-refractivity contribution in [2.45, 2.75) is 17.7 Å². The maximum atomic E-state index is 13.0. The predicted octanol–water partition coefficient (Wildman–Crippen LogP) is 2.93. The summed E-state index contributed by atoms with van der Waals surface area (Å²) < 4.78 is 27.7. The third kappa shape index (κ3) is 2.80. The maximum Gasteiger partial charge on any atom is 0.242 e. The van der Waals surface area contributed by atoms with E-state index in [1.807, 2.05) is 49.5 Å². The zero-order valence-corrected chi connectivity index (χ0v) is 15.4. The Morgan fingerprint density at radius 3 is 2.65 bits per heavy atom. The summed E-state index contributed by atoms with van der Waals surface area (Å²) in [5.74, 6) is -0.889. The number of para-hydroxylation sites is 2. The third-order valence-corrected chi connectivity index (χ3v) is 6.54. The molecule has 6 heteroatoms. The number of aromatic nitrogens is 1. The fourth-order valence-corrected chi connectivity index (χ4v) is 5.13. The standard InChI is InChI=1S/C20H20N2O3S/c1-21-13-19(16-9-3-5-11-18(16)21)26(24,25)14-20(23)22-12-6-8-15-7-2-4-10-17(15)22/h2-5,7,9-11,13H,6,8,12,14H2,1H3. The van der Waals surface area contributed by atoms with Crippen molar-refractivity contribution in [1.82, 2.24) is 4.57 Å². The number of fused-ring (bicyclic) bond motifs is 2. The van der Waals surface area contributed by atoms with E-state index < -0.39 is 15.6 Å². The fourth-order valence-electron chi connectivity index (χ4n) is 3.66. The van der Waals surface area contributed by atoms with Crippen molar-refractivity contribution in [3.8, 4) is 0 Å². The Labute approximate surface area is 152 Å². The molecule has 1 aliphatic heterocycles. The minimum absolute atomic E-state index is 0.217. The Bertz CT molecular complexity index is 1100. The molecule has 0 spiro atoms. The minimum atomic E-state index is -3.73. The van der Waals surface area contributed by atoms with Gasteiger partial charge in [-0.2, -0.15) is 0 Å². The number of sulfone groups is 1. The van der Waals surface area contributed by atoms with Gasteiger partial charge in [-0.05, 0) is 30.5 Å². The molecular formula is C20H20N2O3S. The van der Waals surface area contributed by atoms with Crippen molar-refractivity contribution in [2.24, 2.45) is 7.05 Å². The molecule has 1 aliphatic rings. The predicted molar refractivity (Wildman–Crippen MR) is 102 cm³/mol. The Morgan fingerprint density at radius 1 is 1.08 bits per heavy atom. The highest BCUT2D eigenvalue weighted by Crippen LogP contribution is 2.29. The van der Waals surface area contributed by atoms with Crippen molar-refractivity contribution in [3.63, 3.8) is 0 Å². The van der Waals surface area contributed by atoms with Crippen molar-refractivity contribution >= 4 is 32.3 Å². The van der Waals surface area contributed by atoms with Gasteiger partial charge in [0.25, 0.3) is 0 Å². The van der Waals surface area contributed by atoms with Crippen LogP contribution in [0.1, 0.15) is 12.0 Å². The van der Waals surface area contributed by atoms with Gasteiger partial charge in [-0.25, -0.2) is 8.42 Å². The van der Waals surface area contributed by atoms with Crippen LogP contribution in [0.3, 0.4) is 0 Å². The van der Waals surface area contributed by atoms with Crippen LogP contribution in [0.2, 0.25) is 0 Å². The zero-order chi connectivity index (χ0) is 18.3. The second-order valence-corrected chi connectivity index (χ2v) is 8.62. The molecule has 26 heavy (non-hydrogen) atoms. The summed E-state index contributed by atoms with van der Waals surface area (Å²) in [6.07, 6.45) is 3.35. The Morgan fingerprint density at radius 2 is 1.81 bits per heavy atom. The molecule has 0 N–H and O–H groups in total. The van der Waals surface area contributed by atoms with Crippen LogP contribution < -0.4 is 4.90 Å². The molecule has 0 saturated carbocycles. The summed E-state index contributed by atoms with van der Waals surface area (Å²) >= 11 is 0. The van der Waals surface area contributed by atoms with Gasteiger partial charge in [0.1, 0.15) is 5.75 Å². The lowest BCUT2D eigenvalue weighted by Crippen LogP contribution is -2.39. The minimum Gasteiger partial charge on any atom is -0.349 e. The molecule has 0 unspecified atom stereocenters. The van der Waals surface area contributed by atoms with Crippen molar-refractivity contribution in [2.75, 3.05) is 17.2 Å². The number of benzene rings is 2. The van der Waals surface area contributed by atoms with E-state index in [2.05, 4.69) is 0 Å². The Kier molecular flexibility index (Phi) is 4.07. The molecule has 3 aromatic rings. The number of amides is 1. The van der Waals surface area contributed by atoms with E-state index in [9.17, 15) is 13.2 Å². The van der Waals surface area contributed by atoms with E-state index in [1.54, 1.807) is 21.7 Å². The van der Waals surface area contributed by atoms with Crippen LogP contribution in [0.5, 0.6) is 0 Å². The van der Waals surface area contributed by atoms with E-state index in [4.69, 9.17) is 0 Å². The highest BCUT2D eigenvalue weighted by Gasteiger charge is 2.29. The van der Waals surface area contributed by atoms with Gasteiger partial charge in [-0.3, -0.25) is 4.79 Å². The number of carbonyl (C=O) groups is 1. The Balaban J connectivity index is 1.67. The largest absolute Gasteiger partial charge is 0.349 e. The summed E-state index contributed by atoms with van der Waals surface area (Å²) in [6, 6.07) is 15.0. The summed E-state index contributed by atoms with van der Waals surface area (Å²) in [5.41, 5.74) is 2.76. The van der Waals surface area contributed by atoms with Crippen LogP contribution in [-0.4, -0.2) is 31.2 Å². The molecule has 134 valence electrons. The average Bonchev–Trinajstić information content (AvgIpc) is 2.99. The van der Waals surface area contributed by atoms with Crippen molar-refractivity contribution in [3.05, 3.63) is 60.3 Å². The van der Waals surface area contributed by atoms with Gasteiger partial charge in [-0.15, -0.1) is 0 Å². The highest BCUT2D eigenvalue weighted by molar-refractivity contribution is 7.92. The first-order valence-electron chi connectivity index (χ1n) is 8.62. The molecule has 1 amide bonds. The molecule has 1 aromatic heterocycles. The monoisotopic (exact) mass is 368 g/mol. The normalized spacial score (nSPS) is 14.4. The summed E-state index contributed by atoms with van der Waals surface area (Å²) in [4.78, 5) is 14.7. The smallest absolute Gasteiger partial charge is 0.242 e. The first-order valence-corrected chi connectivity index (χ1v) is 10.3. The summed E-state index contributed by atoms with van der Waals surface area (Å²) in [6.45, 7) is 0.556. The molecule has 0 atom stereocenters. The SMILES string of the molecule is Cn1cc(S(=O)(=O)CC(=O)N2CCCc3ccccc32)c2ccccc21. The van der Waals surface area contributed by atoms with Crippen LogP contribution in [0.25, 0.3) is 10.9 Å². The second-order valence-electron chi connectivity index (χ2n) is 6.66. The van der Waals surface area contributed by atoms with Gasteiger partial charge < -0.3 is 9.47 Å². The van der Waals surface area contributed by atoms with Crippen molar-refractivity contribution < 1.29 is 13.2 Å². The molecule has 0 aliphatic carbocycles. The topological polar surface area (TPSA) is 59.4 Å². The zero-order valence-electron chi connectivity index (χ0n) is 14.6. The summed E-state index contributed by atoms with van der Waals surface area (Å²) in [5, 5.41) is 0.654. The van der Waals surface area contributed by atoms with Gasteiger partial charge in [0.05, 0.1) is 4.90 Å². The van der Waals surface area contributed by atoms with Crippen LogP contribution in [-0.2, 0) is 28.1 Å². The van der Waals surface area contributed by atoms with Crippen LogP contribution in [0.4, 0.5) is 5.69 Å². The van der Waals surface area contributed by atoms with Gasteiger partial charge in [0.15, 0.2) is 9.84 Å². The van der Waals surface area contributed by atoms with Gasteiger partial charge in [0, 0.05) is 36.4 Å². The van der Waals surface area contributed by atoms with Crippen LogP contribution in [0.15, 0.2) is 59.6 Å². The number of hydrogen-bond donors (Lipinski definition) is 0. The molecule has 5 nitrogen and oxygen atoms in total. The lowest BCUT2D eigenvalue weighted by molar-refractivity contribution is -0.116. The maximum absolute atomic E-state index is 13.0. The molecule has 2 aromatic carbocycles. The molecular weight excluding hydrogens is 348 g/mol. The molecule has 4 rings (SSSR count). The van der Waals surface area contributed by atoms with E-state index in [0.29, 0.717) is 11.9 Å². The lowest BCUT2D eigenvalue weighted by atomic mass is 10.0. The number of hydrogen-bond acceptors (Lipinski definition) is 3. The lowest BCUT2D eigenvalue weighted by Gasteiger charge is -2.29. The first-order chi connectivity index (χ1) is 12.5. The highest BCUT2D eigenvalue weighted by atomic mass is 32.2. The molecule has 0 saturated heterocycles. The van der Waals surface area contributed by atoms with Crippen LogP contribution >= 0.6 is 0 Å². The van der Waals surface area contributed by atoms with E-state index >= 15 is 0 Å². The molecule has 0 radical (unpaired) electrons. The number of carbonyl (C=O) groups excluding carboxylic acids is 1. The van der Waals surface area contributed by atoms with Crippen molar-refractivity contribution in [1.29, 1.82) is 0 Å². The summed E-state index contributed by atoms with van der Waals surface area (Å²) in [7, 11) is -1.92. The molecule has 2 heterocycles. The third-order valence-electron chi connectivity index (χ3n) is 4.92. The van der Waals surface area contributed by atoms with E-state index in [1.165, 1.54) is 0 Å². The van der Waals surface area contributed by atoms with Gasteiger partial charge in [0.2, 0.25) is 5.91 Å². The second kappa shape index (κ2) is 6.29.